The third kappa shape index (κ3) is 5.92. The molecule has 0 radical (unpaired) electrons. The fourth-order valence-electron chi connectivity index (χ4n) is 12.2. The fraction of sp³-hybridized carbons (Fsp3) is 0.0145. The van der Waals surface area contributed by atoms with E-state index < -0.39 is 5.41 Å². The first kappa shape index (κ1) is 40.4. The lowest BCUT2D eigenvalue weighted by molar-refractivity contribution is 0.672. The second-order valence-corrected chi connectivity index (χ2v) is 19.1. The zero-order valence-electron chi connectivity index (χ0n) is 39.1. The molecule has 0 amide bonds. The van der Waals surface area contributed by atoms with E-state index in [-0.39, 0.29) is 0 Å². The van der Waals surface area contributed by atoms with Crippen LogP contribution in [-0.4, -0.2) is 0 Å². The molecule has 0 N–H and O–H groups in total. The Labute approximate surface area is 416 Å². The molecule has 3 nitrogen and oxygen atoms in total. The Bertz CT molecular complexity index is 4200. The van der Waals surface area contributed by atoms with Crippen LogP contribution in [0.3, 0.4) is 0 Å². The van der Waals surface area contributed by atoms with Crippen molar-refractivity contribution in [3.05, 3.63) is 283 Å². The van der Waals surface area contributed by atoms with Gasteiger partial charge in [0.15, 0.2) is 0 Å². The van der Waals surface area contributed by atoms with Crippen molar-refractivity contribution in [3.8, 4) is 33.4 Å². The summed E-state index contributed by atoms with van der Waals surface area (Å²) < 4.78 is 13.3. The summed E-state index contributed by atoms with van der Waals surface area (Å²) in [6.07, 6.45) is 0. The van der Waals surface area contributed by atoms with E-state index in [9.17, 15) is 0 Å². The summed E-state index contributed by atoms with van der Waals surface area (Å²) in [7, 11) is 0. The fourth-order valence-corrected chi connectivity index (χ4v) is 12.2. The maximum atomic E-state index is 6.63. The minimum atomic E-state index is -0.543. The predicted octanol–water partition coefficient (Wildman–Crippen LogP) is 19.0. The lowest BCUT2D eigenvalue weighted by Crippen LogP contribution is -2.28. The molecule has 0 atom stereocenters. The summed E-state index contributed by atoms with van der Waals surface area (Å²) in [6, 6.07) is 94.8. The van der Waals surface area contributed by atoms with Gasteiger partial charge in [0.05, 0.1) is 5.41 Å². The van der Waals surface area contributed by atoms with E-state index in [1.54, 1.807) is 0 Å². The van der Waals surface area contributed by atoms with Gasteiger partial charge in [-0.1, -0.05) is 200 Å². The average molecular weight is 918 g/mol. The lowest BCUT2D eigenvalue weighted by Gasteiger charge is -2.35. The molecule has 0 saturated carbocycles. The summed E-state index contributed by atoms with van der Waals surface area (Å²) in [5.41, 5.74) is 18.3. The number of furan rings is 2. The lowest BCUT2D eigenvalue weighted by atomic mass is 9.67. The predicted molar refractivity (Wildman–Crippen MR) is 299 cm³/mol. The monoisotopic (exact) mass is 917 g/mol. The van der Waals surface area contributed by atoms with Gasteiger partial charge < -0.3 is 13.7 Å². The summed E-state index contributed by atoms with van der Waals surface area (Å²) in [5, 5.41) is 9.09. The van der Waals surface area contributed by atoms with Crippen LogP contribution in [0.5, 0.6) is 0 Å². The molecule has 0 bridgehead atoms. The minimum absolute atomic E-state index is 0.543. The van der Waals surface area contributed by atoms with Gasteiger partial charge in [-0.2, -0.15) is 0 Å². The number of anilines is 3. The van der Waals surface area contributed by atoms with Gasteiger partial charge in [0, 0.05) is 49.4 Å². The van der Waals surface area contributed by atoms with Crippen LogP contribution in [0.4, 0.5) is 17.1 Å². The Morgan fingerprint density at radius 3 is 1.28 bits per heavy atom. The summed E-state index contributed by atoms with van der Waals surface area (Å²) in [5.74, 6) is 0. The van der Waals surface area contributed by atoms with Crippen molar-refractivity contribution in [1.29, 1.82) is 0 Å². The van der Waals surface area contributed by atoms with Crippen LogP contribution in [0.1, 0.15) is 22.3 Å². The molecule has 0 aliphatic heterocycles. The zero-order chi connectivity index (χ0) is 47.3. The molecule has 2 aromatic heterocycles. The highest BCUT2D eigenvalue weighted by Gasteiger charge is 2.46. The van der Waals surface area contributed by atoms with E-state index in [2.05, 4.69) is 266 Å². The quantitative estimate of drug-likeness (QED) is 0.160. The number of hydrogen-bond donors (Lipinski definition) is 0. The molecule has 0 spiro atoms. The van der Waals surface area contributed by atoms with Crippen LogP contribution < -0.4 is 4.90 Å². The van der Waals surface area contributed by atoms with Crippen molar-refractivity contribution in [3.63, 3.8) is 0 Å². The molecule has 0 unspecified atom stereocenters. The highest BCUT2D eigenvalue weighted by Crippen LogP contribution is 2.57. The van der Waals surface area contributed by atoms with Gasteiger partial charge in [0.2, 0.25) is 0 Å². The molecule has 12 aromatic carbocycles. The van der Waals surface area contributed by atoms with Gasteiger partial charge in [-0.3, -0.25) is 0 Å². The van der Waals surface area contributed by atoms with Crippen LogP contribution in [0, 0.1) is 0 Å². The molecule has 0 fully saturated rings. The third-order valence-electron chi connectivity index (χ3n) is 15.3. The van der Waals surface area contributed by atoms with Crippen LogP contribution in [0.15, 0.2) is 270 Å². The largest absolute Gasteiger partial charge is 0.455 e. The van der Waals surface area contributed by atoms with E-state index in [1.165, 1.54) is 44.2 Å². The SMILES string of the molecule is c1ccc(C2(c3ccccc3)c3ccccc3-c3ccc(N(c4ccc(-c5cccc6oc7c8ccccc8ccc7c56)cc4)c4ccc(-c5cccc6oc7c8ccccc8ccc7c56)cc4)cc32)cc1. The topological polar surface area (TPSA) is 29.5 Å². The molecule has 1 aliphatic rings. The van der Waals surface area contributed by atoms with E-state index in [0.717, 1.165) is 94.0 Å². The third-order valence-corrected chi connectivity index (χ3v) is 15.3. The molecular weight excluding hydrogens is 875 g/mol. The van der Waals surface area contributed by atoms with Crippen molar-refractivity contribution in [2.45, 2.75) is 5.41 Å². The first-order valence-electron chi connectivity index (χ1n) is 24.7. The smallest absolute Gasteiger partial charge is 0.143 e. The Balaban J connectivity index is 0.913. The molecular formula is C69H43NO2. The Kier molecular flexibility index (Phi) is 8.87. The maximum Gasteiger partial charge on any atom is 0.143 e. The number of nitrogens with zero attached hydrogens (tertiary/aromatic N) is 1. The van der Waals surface area contributed by atoms with Crippen molar-refractivity contribution in [1.82, 2.24) is 0 Å². The van der Waals surface area contributed by atoms with Gasteiger partial charge in [-0.15, -0.1) is 0 Å². The Hall–Kier alpha value is -9.44. The van der Waals surface area contributed by atoms with Crippen molar-refractivity contribution < 1.29 is 8.83 Å². The Morgan fingerprint density at radius 2 is 0.736 bits per heavy atom. The first-order valence-corrected chi connectivity index (χ1v) is 24.7. The molecule has 14 aromatic rings. The number of benzene rings is 12. The van der Waals surface area contributed by atoms with Crippen molar-refractivity contribution in [2.75, 3.05) is 4.90 Å². The van der Waals surface area contributed by atoms with Crippen LogP contribution in [-0.2, 0) is 5.41 Å². The number of hydrogen-bond acceptors (Lipinski definition) is 3. The van der Waals surface area contributed by atoms with Crippen LogP contribution >= 0.6 is 0 Å². The molecule has 15 rings (SSSR count). The van der Waals surface area contributed by atoms with E-state index >= 15 is 0 Å². The Morgan fingerprint density at radius 1 is 0.292 bits per heavy atom. The van der Waals surface area contributed by atoms with Gasteiger partial charge in [0.25, 0.3) is 0 Å². The second kappa shape index (κ2) is 15.8. The van der Waals surface area contributed by atoms with Gasteiger partial charge >= 0.3 is 0 Å². The molecule has 72 heavy (non-hydrogen) atoms. The van der Waals surface area contributed by atoms with Gasteiger partial charge in [0.1, 0.15) is 22.3 Å². The molecule has 0 saturated heterocycles. The van der Waals surface area contributed by atoms with Crippen molar-refractivity contribution in [2.24, 2.45) is 0 Å². The number of fused-ring (bicyclic) bond motifs is 13. The molecule has 336 valence electrons. The first-order chi connectivity index (χ1) is 35.7. The zero-order valence-corrected chi connectivity index (χ0v) is 39.1. The van der Waals surface area contributed by atoms with E-state index in [0.29, 0.717) is 0 Å². The minimum Gasteiger partial charge on any atom is -0.455 e. The van der Waals surface area contributed by atoms with Gasteiger partial charge in [-0.25, -0.2) is 0 Å². The highest BCUT2D eigenvalue weighted by atomic mass is 16.3. The average Bonchev–Trinajstić information content (AvgIpc) is 4.13. The van der Waals surface area contributed by atoms with Crippen LogP contribution in [0.2, 0.25) is 0 Å². The van der Waals surface area contributed by atoms with Gasteiger partial charge in [-0.05, 0) is 127 Å². The van der Waals surface area contributed by atoms with Crippen molar-refractivity contribution >= 4 is 82.5 Å². The second-order valence-electron chi connectivity index (χ2n) is 19.1. The normalized spacial score (nSPS) is 12.8. The van der Waals surface area contributed by atoms with E-state index in [4.69, 9.17) is 8.83 Å². The highest BCUT2D eigenvalue weighted by molar-refractivity contribution is 6.20. The maximum absolute atomic E-state index is 6.63. The van der Waals surface area contributed by atoms with Crippen LogP contribution in [0.25, 0.3) is 98.8 Å². The van der Waals surface area contributed by atoms with E-state index in [1.807, 2.05) is 0 Å². The summed E-state index contributed by atoms with van der Waals surface area (Å²) in [6.45, 7) is 0. The molecule has 2 heterocycles. The summed E-state index contributed by atoms with van der Waals surface area (Å²) >= 11 is 0. The summed E-state index contributed by atoms with van der Waals surface area (Å²) in [4.78, 5) is 2.41. The standard InChI is InChI=1S/C69H43NO2/c1-3-17-48(18-4-1)69(49-19-5-2-6-20-49)61-26-12-11-23-57(61)58-42-39-52(43-62(58)69)70(50-35-29-46(30-36-50)53-24-13-27-63-65(53)59-40-33-44-15-7-9-21-55(44)67(59)71-63)51-37-31-47(32-38-51)54-25-14-28-64-66(54)60-41-34-45-16-8-10-22-56(45)68(60)72-64/h1-43H. The molecule has 3 heteroatoms. The number of rotatable bonds is 7. The molecule has 1 aliphatic carbocycles.